The van der Waals surface area contributed by atoms with E-state index in [2.05, 4.69) is 29.4 Å². The van der Waals surface area contributed by atoms with Crippen molar-refractivity contribution >= 4 is 11.4 Å². The number of aryl methyl sites for hydroxylation is 1. The molecule has 3 rings (SSSR count). The fraction of sp³-hybridized carbons (Fsp3) is 0.611. The van der Waals surface area contributed by atoms with Gasteiger partial charge in [-0.15, -0.1) is 0 Å². The number of rotatable bonds is 2. The second-order valence-electron chi connectivity index (χ2n) is 7.73. The van der Waals surface area contributed by atoms with E-state index >= 15 is 0 Å². The van der Waals surface area contributed by atoms with Crippen LogP contribution in [0.4, 0.5) is 5.82 Å². The molecule has 2 unspecified atom stereocenters. The van der Waals surface area contributed by atoms with Gasteiger partial charge in [-0.1, -0.05) is 6.08 Å². The van der Waals surface area contributed by atoms with E-state index < -0.39 is 6.41 Å². The molecule has 0 amide bonds. The van der Waals surface area contributed by atoms with Crippen molar-refractivity contribution in [3.8, 4) is 0 Å². The standard InChI is InChI=1S/C18H27N3O2/c1-12-10-18(20-15-14(12)7-6-13(2)19-15)8-9-21(11-18)16(22)23-17(3,4)5/h6-7,10,16,22H,8-9,11H2,1-5H3,(H,19,20). The summed E-state index contributed by atoms with van der Waals surface area (Å²) < 4.78 is 5.69. The Kier molecular flexibility index (Phi) is 3.99. The molecule has 1 saturated heterocycles. The SMILES string of the molecule is CC1=CC2(CCN(C(O)OC(C)(C)C)C2)Nc2nc(C)ccc21. The number of nitrogens with zero attached hydrogens (tertiary/aromatic N) is 2. The number of aliphatic hydroxyl groups excluding tert-OH is 1. The van der Waals surface area contributed by atoms with Crippen LogP contribution in [0.2, 0.25) is 0 Å². The number of fused-ring (bicyclic) bond motifs is 1. The van der Waals surface area contributed by atoms with Crippen molar-refractivity contribution < 1.29 is 9.84 Å². The molecule has 1 aromatic heterocycles. The molecule has 0 aliphatic carbocycles. The van der Waals surface area contributed by atoms with Crippen molar-refractivity contribution in [2.45, 2.75) is 58.6 Å². The van der Waals surface area contributed by atoms with Crippen LogP contribution < -0.4 is 5.32 Å². The highest BCUT2D eigenvalue weighted by molar-refractivity contribution is 5.78. The van der Waals surface area contributed by atoms with E-state index in [1.165, 1.54) is 5.57 Å². The van der Waals surface area contributed by atoms with Gasteiger partial charge in [-0.05, 0) is 58.7 Å². The molecule has 5 nitrogen and oxygen atoms in total. The van der Waals surface area contributed by atoms with Crippen LogP contribution in [0.5, 0.6) is 0 Å². The third kappa shape index (κ3) is 3.42. The number of aliphatic hydroxyl groups is 1. The highest BCUT2D eigenvalue weighted by atomic mass is 16.6. The first-order valence-electron chi connectivity index (χ1n) is 8.23. The molecule has 2 aliphatic heterocycles. The Labute approximate surface area is 138 Å². The second-order valence-corrected chi connectivity index (χ2v) is 7.73. The minimum atomic E-state index is -0.878. The predicted octanol–water partition coefficient (Wildman–Crippen LogP) is 2.75. The molecule has 2 N–H and O–H groups in total. The van der Waals surface area contributed by atoms with Crippen molar-refractivity contribution in [1.29, 1.82) is 0 Å². The molecule has 23 heavy (non-hydrogen) atoms. The molecule has 2 atom stereocenters. The Morgan fingerprint density at radius 1 is 1.35 bits per heavy atom. The largest absolute Gasteiger partial charge is 0.359 e. The summed E-state index contributed by atoms with van der Waals surface area (Å²) >= 11 is 0. The van der Waals surface area contributed by atoms with Gasteiger partial charge in [-0.2, -0.15) is 0 Å². The zero-order valence-electron chi connectivity index (χ0n) is 14.7. The number of anilines is 1. The van der Waals surface area contributed by atoms with Gasteiger partial charge < -0.3 is 15.2 Å². The third-order valence-electron chi connectivity index (χ3n) is 4.42. The van der Waals surface area contributed by atoms with Crippen molar-refractivity contribution in [2.75, 3.05) is 18.4 Å². The van der Waals surface area contributed by atoms with Crippen molar-refractivity contribution in [3.05, 3.63) is 29.5 Å². The smallest absolute Gasteiger partial charge is 0.216 e. The predicted molar refractivity (Wildman–Crippen MR) is 92.0 cm³/mol. The number of aromatic nitrogens is 1. The summed E-state index contributed by atoms with van der Waals surface area (Å²) in [6.07, 6.45) is 2.32. The van der Waals surface area contributed by atoms with Gasteiger partial charge in [0.1, 0.15) is 5.82 Å². The molecular weight excluding hydrogens is 290 g/mol. The molecule has 0 bridgehead atoms. The van der Waals surface area contributed by atoms with E-state index in [9.17, 15) is 5.11 Å². The Hall–Kier alpha value is -1.43. The summed E-state index contributed by atoms with van der Waals surface area (Å²) in [6.45, 7) is 11.5. The number of nitrogens with one attached hydrogen (secondary N) is 1. The van der Waals surface area contributed by atoms with Gasteiger partial charge in [0.15, 0.2) is 0 Å². The molecule has 0 aromatic carbocycles. The number of hydrogen-bond acceptors (Lipinski definition) is 5. The van der Waals surface area contributed by atoms with Gasteiger partial charge in [0.25, 0.3) is 0 Å². The second kappa shape index (κ2) is 5.58. The summed E-state index contributed by atoms with van der Waals surface area (Å²) in [5.41, 5.74) is 2.85. The topological polar surface area (TPSA) is 57.6 Å². The number of allylic oxidation sites excluding steroid dienone is 1. The van der Waals surface area contributed by atoms with Crippen LogP contribution in [0.3, 0.4) is 0 Å². The first-order chi connectivity index (χ1) is 10.7. The number of pyridine rings is 1. The quantitative estimate of drug-likeness (QED) is 0.822. The monoisotopic (exact) mass is 317 g/mol. The fourth-order valence-electron chi connectivity index (χ4n) is 3.40. The number of hydrogen-bond donors (Lipinski definition) is 2. The van der Waals surface area contributed by atoms with Crippen LogP contribution in [0.15, 0.2) is 18.2 Å². The summed E-state index contributed by atoms with van der Waals surface area (Å²) in [4.78, 5) is 6.62. The lowest BCUT2D eigenvalue weighted by molar-refractivity contribution is -0.234. The molecule has 5 heteroatoms. The van der Waals surface area contributed by atoms with Gasteiger partial charge in [-0.25, -0.2) is 4.98 Å². The molecule has 0 radical (unpaired) electrons. The lowest BCUT2D eigenvalue weighted by atomic mass is 9.89. The lowest BCUT2D eigenvalue weighted by Gasteiger charge is -2.35. The van der Waals surface area contributed by atoms with Gasteiger partial charge in [-0.3, -0.25) is 4.90 Å². The molecule has 126 valence electrons. The summed E-state index contributed by atoms with van der Waals surface area (Å²) in [5, 5.41) is 13.9. The summed E-state index contributed by atoms with van der Waals surface area (Å²) in [5.74, 6) is 0.943. The zero-order valence-corrected chi connectivity index (χ0v) is 14.7. The minimum absolute atomic E-state index is 0.180. The van der Waals surface area contributed by atoms with E-state index in [0.29, 0.717) is 6.54 Å². The Bertz CT molecular complexity index is 636. The van der Waals surface area contributed by atoms with Crippen LogP contribution in [-0.2, 0) is 4.74 Å². The van der Waals surface area contributed by atoms with Crippen molar-refractivity contribution in [2.24, 2.45) is 0 Å². The minimum Gasteiger partial charge on any atom is -0.359 e. The normalized spacial score (nSPS) is 25.9. The van der Waals surface area contributed by atoms with E-state index in [1.54, 1.807) is 0 Å². The molecule has 1 aromatic rings. The molecule has 1 spiro atoms. The summed E-state index contributed by atoms with van der Waals surface area (Å²) in [6, 6.07) is 4.16. The Morgan fingerprint density at radius 3 is 2.78 bits per heavy atom. The number of ether oxygens (including phenoxy) is 1. The van der Waals surface area contributed by atoms with Crippen LogP contribution in [0.1, 0.15) is 45.4 Å². The van der Waals surface area contributed by atoms with E-state index in [4.69, 9.17) is 4.74 Å². The average Bonchev–Trinajstić information content (AvgIpc) is 2.79. The van der Waals surface area contributed by atoms with Crippen LogP contribution in [-0.4, -0.2) is 45.6 Å². The molecule has 1 fully saturated rings. The molecular formula is C18H27N3O2. The molecule has 3 heterocycles. The van der Waals surface area contributed by atoms with Gasteiger partial charge in [0.2, 0.25) is 6.41 Å². The maximum Gasteiger partial charge on any atom is 0.216 e. The average molecular weight is 317 g/mol. The van der Waals surface area contributed by atoms with Crippen LogP contribution >= 0.6 is 0 Å². The Balaban J connectivity index is 1.79. The fourth-order valence-corrected chi connectivity index (χ4v) is 3.40. The van der Waals surface area contributed by atoms with Gasteiger partial charge in [0.05, 0.1) is 11.1 Å². The van der Waals surface area contributed by atoms with Gasteiger partial charge >= 0.3 is 0 Å². The van der Waals surface area contributed by atoms with E-state index in [0.717, 1.165) is 30.0 Å². The highest BCUT2D eigenvalue weighted by Crippen LogP contribution is 2.38. The Morgan fingerprint density at radius 2 is 2.09 bits per heavy atom. The van der Waals surface area contributed by atoms with E-state index in [1.807, 2.05) is 38.7 Å². The lowest BCUT2D eigenvalue weighted by Crippen LogP contribution is -2.46. The number of likely N-dealkylation sites (tertiary alicyclic amines) is 1. The van der Waals surface area contributed by atoms with Crippen LogP contribution in [0.25, 0.3) is 5.57 Å². The molecule has 0 saturated carbocycles. The maximum atomic E-state index is 10.3. The van der Waals surface area contributed by atoms with Crippen LogP contribution in [0, 0.1) is 6.92 Å². The maximum absolute atomic E-state index is 10.3. The van der Waals surface area contributed by atoms with Crippen molar-refractivity contribution in [3.63, 3.8) is 0 Å². The first kappa shape index (κ1) is 16.4. The zero-order chi connectivity index (χ0) is 16.8. The highest BCUT2D eigenvalue weighted by Gasteiger charge is 2.42. The van der Waals surface area contributed by atoms with Gasteiger partial charge in [0, 0.05) is 24.3 Å². The van der Waals surface area contributed by atoms with E-state index in [-0.39, 0.29) is 11.1 Å². The molecule has 2 aliphatic rings. The first-order valence-corrected chi connectivity index (χ1v) is 8.23. The van der Waals surface area contributed by atoms with Crippen molar-refractivity contribution in [1.82, 2.24) is 9.88 Å². The third-order valence-corrected chi connectivity index (χ3v) is 4.42. The summed E-state index contributed by atoms with van der Waals surface area (Å²) in [7, 11) is 0.